The Bertz CT molecular complexity index is 789. The summed E-state index contributed by atoms with van der Waals surface area (Å²) in [6.45, 7) is 15.3. The molecule has 2 amide bonds. The third-order valence-corrected chi connectivity index (χ3v) is 5.10. The first kappa shape index (κ1) is 24.7. The van der Waals surface area contributed by atoms with Gasteiger partial charge in [0.2, 0.25) is 0 Å². The van der Waals surface area contributed by atoms with E-state index < -0.39 is 11.6 Å². The standard InChI is InChI=1S/C22H36N4O5/c1-7-30-20(28)17-15(2)18(24-16(17)3)19(27)23-9-8-10-25-11-13-26(14-12-25)21(29)31-22(4,5)6/h24H,7-14H2,1-6H3,(H,23,27). The number of ether oxygens (including phenoxy) is 2. The molecule has 0 aromatic carbocycles. The lowest BCUT2D eigenvalue weighted by atomic mass is 10.1. The van der Waals surface area contributed by atoms with E-state index in [-0.39, 0.29) is 18.6 Å². The molecule has 1 fully saturated rings. The van der Waals surface area contributed by atoms with Gasteiger partial charge in [-0.1, -0.05) is 0 Å². The summed E-state index contributed by atoms with van der Waals surface area (Å²) < 4.78 is 10.5. The van der Waals surface area contributed by atoms with Gasteiger partial charge in [0.1, 0.15) is 11.3 Å². The van der Waals surface area contributed by atoms with E-state index in [4.69, 9.17) is 9.47 Å². The summed E-state index contributed by atoms with van der Waals surface area (Å²) in [5, 5.41) is 2.91. The van der Waals surface area contributed by atoms with Crippen LogP contribution in [0.15, 0.2) is 0 Å². The molecule has 1 aromatic rings. The van der Waals surface area contributed by atoms with E-state index in [1.807, 2.05) is 20.8 Å². The van der Waals surface area contributed by atoms with E-state index in [1.54, 1.807) is 25.7 Å². The number of aromatic nitrogens is 1. The molecule has 31 heavy (non-hydrogen) atoms. The number of piperazine rings is 1. The smallest absolute Gasteiger partial charge is 0.410 e. The molecule has 2 heterocycles. The van der Waals surface area contributed by atoms with Crippen LogP contribution in [0, 0.1) is 13.8 Å². The van der Waals surface area contributed by atoms with Crippen molar-refractivity contribution in [1.29, 1.82) is 0 Å². The summed E-state index contributed by atoms with van der Waals surface area (Å²) in [7, 11) is 0. The molecular formula is C22H36N4O5. The van der Waals surface area contributed by atoms with Crippen LogP contribution in [0.3, 0.4) is 0 Å². The van der Waals surface area contributed by atoms with Crippen molar-refractivity contribution in [3.63, 3.8) is 0 Å². The summed E-state index contributed by atoms with van der Waals surface area (Å²) in [5.41, 5.74) is 1.57. The fraction of sp³-hybridized carbons (Fsp3) is 0.682. The number of carbonyl (C=O) groups is 3. The van der Waals surface area contributed by atoms with E-state index in [2.05, 4.69) is 15.2 Å². The lowest BCUT2D eigenvalue weighted by molar-refractivity contribution is 0.0144. The average Bonchev–Trinajstić information content (AvgIpc) is 2.98. The topological polar surface area (TPSA) is 104 Å². The number of nitrogens with one attached hydrogen (secondary N) is 2. The maximum absolute atomic E-state index is 12.5. The summed E-state index contributed by atoms with van der Waals surface area (Å²) >= 11 is 0. The highest BCUT2D eigenvalue weighted by Crippen LogP contribution is 2.19. The van der Waals surface area contributed by atoms with Crippen molar-refractivity contribution in [1.82, 2.24) is 20.1 Å². The van der Waals surface area contributed by atoms with Gasteiger partial charge in [-0.2, -0.15) is 0 Å². The van der Waals surface area contributed by atoms with Crippen LogP contribution in [-0.4, -0.2) is 84.2 Å². The van der Waals surface area contributed by atoms with Crippen LogP contribution in [0.1, 0.15) is 66.2 Å². The van der Waals surface area contributed by atoms with Gasteiger partial charge in [-0.15, -0.1) is 0 Å². The summed E-state index contributed by atoms with van der Waals surface area (Å²) in [5.74, 6) is -0.649. The Morgan fingerprint density at radius 2 is 1.74 bits per heavy atom. The largest absolute Gasteiger partial charge is 0.462 e. The van der Waals surface area contributed by atoms with E-state index in [9.17, 15) is 14.4 Å². The van der Waals surface area contributed by atoms with E-state index in [0.717, 1.165) is 26.1 Å². The number of hydrogen-bond donors (Lipinski definition) is 2. The number of carbonyl (C=O) groups excluding carboxylic acids is 3. The first-order chi connectivity index (χ1) is 14.5. The van der Waals surface area contributed by atoms with E-state index in [1.165, 1.54) is 0 Å². The molecule has 0 aliphatic carbocycles. The Labute approximate surface area is 184 Å². The molecular weight excluding hydrogens is 400 g/mol. The molecule has 0 saturated carbocycles. The predicted octanol–water partition coefficient (Wildman–Crippen LogP) is 2.48. The Morgan fingerprint density at radius 1 is 1.10 bits per heavy atom. The molecule has 0 spiro atoms. The number of rotatable bonds is 7. The van der Waals surface area contributed by atoms with Crippen molar-refractivity contribution in [2.24, 2.45) is 0 Å². The molecule has 174 valence electrons. The van der Waals surface area contributed by atoms with Gasteiger partial charge in [0.15, 0.2) is 0 Å². The third kappa shape index (κ3) is 6.99. The zero-order chi connectivity index (χ0) is 23.2. The van der Waals surface area contributed by atoms with Gasteiger partial charge in [0.25, 0.3) is 5.91 Å². The number of H-pyrrole nitrogens is 1. The molecule has 1 saturated heterocycles. The average molecular weight is 437 g/mol. The lowest BCUT2D eigenvalue weighted by Gasteiger charge is -2.35. The normalized spacial score (nSPS) is 15.0. The molecule has 2 N–H and O–H groups in total. The van der Waals surface area contributed by atoms with Crippen LogP contribution < -0.4 is 5.32 Å². The SMILES string of the molecule is CCOC(=O)c1c(C)[nH]c(C(=O)NCCCN2CCN(C(=O)OC(C)(C)C)CC2)c1C. The number of nitrogens with zero attached hydrogens (tertiary/aromatic N) is 2. The molecule has 9 nitrogen and oxygen atoms in total. The maximum atomic E-state index is 12.5. The van der Waals surface area contributed by atoms with Gasteiger partial charge in [-0.3, -0.25) is 9.69 Å². The minimum Gasteiger partial charge on any atom is -0.462 e. The van der Waals surface area contributed by atoms with Gasteiger partial charge in [-0.05, 0) is 60.1 Å². The van der Waals surface area contributed by atoms with Crippen molar-refractivity contribution in [2.75, 3.05) is 45.9 Å². The maximum Gasteiger partial charge on any atom is 0.410 e. The minimum absolute atomic E-state index is 0.231. The number of esters is 1. The molecule has 0 atom stereocenters. The first-order valence-electron chi connectivity index (χ1n) is 10.9. The van der Waals surface area contributed by atoms with Crippen LogP contribution in [0.5, 0.6) is 0 Å². The highest BCUT2D eigenvalue weighted by Gasteiger charge is 2.26. The van der Waals surface area contributed by atoms with Crippen LogP contribution in [0.2, 0.25) is 0 Å². The molecule has 1 aromatic heterocycles. The number of aromatic amines is 1. The van der Waals surface area contributed by atoms with Gasteiger partial charge in [-0.25, -0.2) is 9.59 Å². The summed E-state index contributed by atoms with van der Waals surface area (Å²) in [6.07, 6.45) is 0.528. The van der Waals surface area contributed by atoms with Gasteiger partial charge in [0, 0.05) is 38.4 Å². The Balaban J connectivity index is 1.74. The molecule has 2 rings (SSSR count). The molecule has 0 bridgehead atoms. The highest BCUT2D eigenvalue weighted by molar-refractivity contribution is 6.00. The van der Waals surface area contributed by atoms with Crippen LogP contribution in [0.4, 0.5) is 4.79 Å². The lowest BCUT2D eigenvalue weighted by Crippen LogP contribution is -2.50. The second-order valence-electron chi connectivity index (χ2n) is 8.76. The summed E-state index contributed by atoms with van der Waals surface area (Å²) in [6, 6.07) is 0. The van der Waals surface area contributed by atoms with Crippen LogP contribution in [-0.2, 0) is 9.47 Å². The summed E-state index contributed by atoms with van der Waals surface area (Å²) in [4.78, 5) is 43.7. The van der Waals surface area contributed by atoms with Crippen LogP contribution in [0.25, 0.3) is 0 Å². The van der Waals surface area contributed by atoms with Gasteiger partial charge in [0.05, 0.1) is 12.2 Å². The van der Waals surface area contributed by atoms with Crippen LogP contribution >= 0.6 is 0 Å². The van der Waals surface area contributed by atoms with E-state index in [0.29, 0.717) is 42.1 Å². The third-order valence-electron chi connectivity index (χ3n) is 5.10. The van der Waals surface area contributed by atoms with Crippen molar-refractivity contribution in [3.8, 4) is 0 Å². The molecule has 0 unspecified atom stereocenters. The van der Waals surface area contributed by atoms with Crippen molar-refractivity contribution < 1.29 is 23.9 Å². The first-order valence-corrected chi connectivity index (χ1v) is 10.9. The molecule has 1 aliphatic heterocycles. The number of aryl methyl sites for hydroxylation is 1. The van der Waals surface area contributed by atoms with Crippen molar-refractivity contribution >= 4 is 18.0 Å². The highest BCUT2D eigenvalue weighted by atomic mass is 16.6. The zero-order valence-corrected chi connectivity index (χ0v) is 19.6. The van der Waals surface area contributed by atoms with E-state index >= 15 is 0 Å². The molecule has 1 aliphatic rings. The zero-order valence-electron chi connectivity index (χ0n) is 19.6. The Morgan fingerprint density at radius 3 is 2.32 bits per heavy atom. The van der Waals surface area contributed by atoms with Crippen molar-refractivity contribution in [2.45, 2.75) is 53.6 Å². The number of hydrogen-bond acceptors (Lipinski definition) is 6. The minimum atomic E-state index is -0.487. The van der Waals surface area contributed by atoms with Gasteiger partial charge >= 0.3 is 12.1 Å². The second-order valence-corrected chi connectivity index (χ2v) is 8.76. The Hall–Kier alpha value is -2.55. The monoisotopic (exact) mass is 436 g/mol. The van der Waals surface area contributed by atoms with Crippen molar-refractivity contribution in [3.05, 3.63) is 22.5 Å². The predicted molar refractivity (Wildman–Crippen MR) is 117 cm³/mol. The Kier molecular flexibility index (Phi) is 8.50. The fourth-order valence-corrected chi connectivity index (χ4v) is 3.56. The molecule has 0 radical (unpaired) electrons. The fourth-order valence-electron chi connectivity index (χ4n) is 3.56. The second kappa shape index (κ2) is 10.7. The quantitative estimate of drug-likeness (QED) is 0.503. The number of amides is 2. The molecule has 9 heteroatoms. The van der Waals surface area contributed by atoms with Gasteiger partial charge < -0.3 is 24.7 Å².